The first-order valence-corrected chi connectivity index (χ1v) is 6.45. The highest BCUT2D eigenvalue weighted by Gasteiger charge is 2.16. The highest BCUT2D eigenvalue weighted by Crippen LogP contribution is 2.16. The van der Waals surface area contributed by atoms with E-state index in [2.05, 4.69) is 22.1 Å². The number of rotatable bonds is 4. The lowest BCUT2D eigenvalue weighted by molar-refractivity contribution is 0.180. The Morgan fingerprint density at radius 2 is 2.18 bits per heavy atom. The first kappa shape index (κ1) is 12.2. The molecule has 2 heterocycles. The zero-order valence-electron chi connectivity index (χ0n) is 10.5. The van der Waals surface area contributed by atoms with Gasteiger partial charge < -0.3 is 11.1 Å². The van der Waals surface area contributed by atoms with E-state index >= 15 is 0 Å². The lowest BCUT2D eigenvalue weighted by Gasteiger charge is -2.32. The Labute approximate surface area is 103 Å². The van der Waals surface area contributed by atoms with Crippen LogP contribution in [0.15, 0.2) is 18.5 Å². The number of hydrogen-bond acceptors (Lipinski definition) is 4. The van der Waals surface area contributed by atoms with Crippen molar-refractivity contribution in [3.63, 3.8) is 0 Å². The van der Waals surface area contributed by atoms with Crippen LogP contribution in [0.3, 0.4) is 0 Å². The van der Waals surface area contributed by atoms with Gasteiger partial charge in [-0.1, -0.05) is 6.42 Å². The monoisotopic (exact) mass is 234 g/mol. The normalized spacial score (nSPS) is 18.9. The zero-order chi connectivity index (χ0) is 12.1. The molecule has 1 saturated heterocycles. The van der Waals surface area contributed by atoms with Gasteiger partial charge in [-0.25, -0.2) is 0 Å². The Hall–Kier alpha value is -1.29. The summed E-state index contributed by atoms with van der Waals surface area (Å²) >= 11 is 0. The lowest BCUT2D eigenvalue weighted by Crippen LogP contribution is -2.41. The van der Waals surface area contributed by atoms with Gasteiger partial charge in [-0.15, -0.1) is 0 Å². The SMILES string of the molecule is CC(CNc1ccncc1N)N1CCCCC1. The van der Waals surface area contributed by atoms with Crippen LogP contribution in [-0.2, 0) is 0 Å². The molecule has 1 fully saturated rings. The van der Waals surface area contributed by atoms with E-state index in [-0.39, 0.29) is 0 Å². The standard InChI is InChI=1S/C13H22N4/c1-11(17-7-3-2-4-8-17)9-16-13-5-6-15-10-12(13)14/h5-6,10-11H,2-4,7-9,14H2,1H3,(H,15,16). The number of nitrogens with zero attached hydrogens (tertiary/aromatic N) is 2. The Morgan fingerprint density at radius 3 is 2.88 bits per heavy atom. The minimum atomic E-state index is 0.558. The van der Waals surface area contributed by atoms with Crippen LogP contribution in [0.5, 0.6) is 0 Å². The number of pyridine rings is 1. The van der Waals surface area contributed by atoms with Crippen LogP contribution in [0, 0.1) is 0 Å². The number of hydrogen-bond donors (Lipinski definition) is 2. The molecule has 0 aliphatic carbocycles. The van der Waals surface area contributed by atoms with Gasteiger partial charge in [-0.3, -0.25) is 9.88 Å². The number of piperidine rings is 1. The van der Waals surface area contributed by atoms with Gasteiger partial charge in [-0.05, 0) is 38.9 Å². The van der Waals surface area contributed by atoms with E-state index < -0.39 is 0 Å². The first-order chi connectivity index (χ1) is 8.27. The van der Waals surface area contributed by atoms with Crippen molar-refractivity contribution in [3.05, 3.63) is 18.5 Å². The fraction of sp³-hybridized carbons (Fsp3) is 0.615. The van der Waals surface area contributed by atoms with Crippen molar-refractivity contribution < 1.29 is 0 Å². The third-order valence-corrected chi connectivity index (χ3v) is 3.45. The third-order valence-electron chi connectivity index (χ3n) is 3.45. The van der Waals surface area contributed by atoms with E-state index in [0.29, 0.717) is 6.04 Å². The summed E-state index contributed by atoms with van der Waals surface area (Å²) in [7, 11) is 0. The summed E-state index contributed by atoms with van der Waals surface area (Å²) in [6.45, 7) is 5.67. The Balaban J connectivity index is 1.83. The predicted octanol–water partition coefficient (Wildman–Crippen LogP) is 1.95. The second-order valence-corrected chi connectivity index (χ2v) is 4.79. The van der Waals surface area contributed by atoms with E-state index in [0.717, 1.165) is 17.9 Å². The molecule has 2 rings (SSSR count). The van der Waals surface area contributed by atoms with Crippen LogP contribution in [0.2, 0.25) is 0 Å². The van der Waals surface area contributed by atoms with Gasteiger partial charge in [0.1, 0.15) is 0 Å². The number of nitrogens with one attached hydrogen (secondary N) is 1. The quantitative estimate of drug-likeness (QED) is 0.836. The van der Waals surface area contributed by atoms with Gasteiger partial charge in [0.05, 0.1) is 17.6 Å². The molecule has 94 valence electrons. The molecule has 0 spiro atoms. The smallest absolute Gasteiger partial charge is 0.0736 e. The fourth-order valence-corrected chi connectivity index (χ4v) is 2.31. The molecule has 0 aromatic carbocycles. The average Bonchev–Trinajstić information content (AvgIpc) is 2.38. The van der Waals surface area contributed by atoms with Gasteiger partial charge in [-0.2, -0.15) is 0 Å². The van der Waals surface area contributed by atoms with E-state index in [4.69, 9.17) is 5.73 Å². The minimum Gasteiger partial charge on any atom is -0.396 e. The molecule has 4 nitrogen and oxygen atoms in total. The lowest BCUT2D eigenvalue weighted by atomic mass is 10.1. The van der Waals surface area contributed by atoms with Crippen molar-refractivity contribution in [3.8, 4) is 0 Å². The fourth-order valence-electron chi connectivity index (χ4n) is 2.31. The van der Waals surface area contributed by atoms with E-state index in [1.54, 1.807) is 12.4 Å². The van der Waals surface area contributed by atoms with Crippen molar-refractivity contribution in [2.24, 2.45) is 0 Å². The maximum Gasteiger partial charge on any atom is 0.0736 e. The Kier molecular flexibility index (Phi) is 4.20. The number of nitrogen functional groups attached to an aromatic ring is 1. The summed E-state index contributed by atoms with van der Waals surface area (Å²) in [5.74, 6) is 0. The van der Waals surface area contributed by atoms with Crippen LogP contribution < -0.4 is 11.1 Å². The Bertz CT molecular complexity index is 347. The third kappa shape index (κ3) is 3.33. The molecule has 1 unspecified atom stereocenters. The second kappa shape index (κ2) is 5.87. The second-order valence-electron chi connectivity index (χ2n) is 4.79. The van der Waals surface area contributed by atoms with Crippen LogP contribution in [0.4, 0.5) is 11.4 Å². The molecule has 1 aromatic rings. The van der Waals surface area contributed by atoms with Crippen molar-refractivity contribution in [2.45, 2.75) is 32.2 Å². The maximum absolute atomic E-state index is 5.85. The topological polar surface area (TPSA) is 54.2 Å². The van der Waals surface area contributed by atoms with Crippen LogP contribution in [0.25, 0.3) is 0 Å². The van der Waals surface area contributed by atoms with Gasteiger partial charge >= 0.3 is 0 Å². The largest absolute Gasteiger partial charge is 0.396 e. The molecular weight excluding hydrogens is 212 g/mol. The summed E-state index contributed by atoms with van der Waals surface area (Å²) in [5, 5.41) is 3.40. The summed E-state index contributed by atoms with van der Waals surface area (Å²) < 4.78 is 0. The van der Waals surface area contributed by atoms with Crippen molar-refractivity contribution >= 4 is 11.4 Å². The molecule has 3 N–H and O–H groups in total. The molecule has 1 atom stereocenters. The number of anilines is 2. The highest BCUT2D eigenvalue weighted by atomic mass is 15.2. The molecule has 1 aromatic heterocycles. The van der Waals surface area contributed by atoms with Gasteiger partial charge in [0.2, 0.25) is 0 Å². The van der Waals surface area contributed by atoms with Crippen molar-refractivity contribution in [1.82, 2.24) is 9.88 Å². The predicted molar refractivity (Wildman–Crippen MR) is 72.0 cm³/mol. The summed E-state index contributed by atoms with van der Waals surface area (Å²) in [4.78, 5) is 6.54. The van der Waals surface area contributed by atoms with Gasteiger partial charge in [0.15, 0.2) is 0 Å². The van der Waals surface area contributed by atoms with Crippen LogP contribution in [0.1, 0.15) is 26.2 Å². The van der Waals surface area contributed by atoms with Crippen molar-refractivity contribution in [2.75, 3.05) is 30.7 Å². The molecular formula is C13H22N4. The molecule has 4 heteroatoms. The number of likely N-dealkylation sites (tertiary alicyclic amines) is 1. The number of nitrogens with two attached hydrogens (primary N) is 1. The molecule has 0 radical (unpaired) electrons. The molecule has 0 amide bonds. The summed E-state index contributed by atoms with van der Waals surface area (Å²) in [5.41, 5.74) is 7.56. The maximum atomic E-state index is 5.85. The summed E-state index contributed by atoms with van der Waals surface area (Å²) in [6, 6.07) is 2.49. The highest BCUT2D eigenvalue weighted by molar-refractivity contribution is 5.64. The van der Waals surface area contributed by atoms with E-state index in [9.17, 15) is 0 Å². The number of aromatic nitrogens is 1. The molecule has 0 bridgehead atoms. The van der Waals surface area contributed by atoms with Crippen LogP contribution in [-0.4, -0.2) is 35.6 Å². The average molecular weight is 234 g/mol. The van der Waals surface area contributed by atoms with Crippen LogP contribution >= 0.6 is 0 Å². The zero-order valence-corrected chi connectivity index (χ0v) is 10.5. The minimum absolute atomic E-state index is 0.558. The van der Waals surface area contributed by atoms with Gasteiger partial charge in [0.25, 0.3) is 0 Å². The first-order valence-electron chi connectivity index (χ1n) is 6.45. The molecule has 1 aliphatic heterocycles. The summed E-state index contributed by atoms with van der Waals surface area (Å²) in [6.07, 6.45) is 7.51. The molecule has 17 heavy (non-hydrogen) atoms. The van der Waals surface area contributed by atoms with E-state index in [1.807, 2.05) is 6.07 Å². The molecule has 1 aliphatic rings. The van der Waals surface area contributed by atoms with Gasteiger partial charge in [0, 0.05) is 18.8 Å². The Morgan fingerprint density at radius 1 is 1.41 bits per heavy atom. The van der Waals surface area contributed by atoms with E-state index in [1.165, 1.54) is 32.4 Å². The molecule has 0 saturated carbocycles. The van der Waals surface area contributed by atoms with Crippen molar-refractivity contribution in [1.29, 1.82) is 0 Å².